The third kappa shape index (κ3) is 3.90. The molecule has 0 radical (unpaired) electrons. The van der Waals surface area contributed by atoms with Crippen LogP contribution in [0.3, 0.4) is 0 Å². The smallest absolute Gasteiger partial charge is 0.242 e. The number of hydrogen-bond donors (Lipinski definition) is 0. The summed E-state index contributed by atoms with van der Waals surface area (Å²) in [5, 5.41) is -0.502. The van der Waals surface area contributed by atoms with E-state index in [1.807, 2.05) is 0 Å². The van der Waals surface area contributed by atoms with Gasteiger partial charge in [-0.3, -0.25) is 9.10 Å². The topological polar surface area (TPSA) is 54.5 Å². The van der Waals surface area contributed by atoms with E-state index in [0.717, 1.165) is 10.6 Å². The van der Waals surface area contributed by atoms with Gasteiger partial charge in [0, 0.05) is 0 Å². The number of carbonyl (C=O) groups is 1. The van der Waals surface area contributed by atoms with Gasteiger partial charge in [0.05, 0.1) is 27.0 Å². The highest BCUT2D eigenvalue weighted by Gasteiger charge is 2.23. The SMILES string of the molecule is CS(=O)(=O)N(CC(=O)Cl)c1cc(Cl)c(Cl)cc1Cl. The number of benzene rings is 1. The van der Waals surface area contributed by atoms with Crippen molar-refractivity contribution in [1.29, 1.82) is 0 Å². The quantitative estimate of drug-likeness (QED) is 0.619. The summed E-state index contributed by atoms with van der Waals surface area (Å²) in [4.78, 5) is 10.9. The van der Waals surface area contributed by atoms with Crippen molar-refractivity contribution in [3.05, 3.63) is 27.2 Å². The molecule has 0 bridgehead atoms. The minimum absolute atomic E-state index is 0.0440. The second-order valence-electron chi connectivity index (χ2n) is 3.34. The maximum Gasteiger partial charge on any atom is 0.242 e. The van der Waals surface area contributed by atoms with Crippen LogP contribution in [-0.4, -0.2) is 26.5 Å². The van der Waals surface area contributed by atoms with Crippen LogP contribution in [0, 0.1) is 0 Å². The number of carbonyl (C=O) groups excluding carboxylic acids is 1. The molecule has 4 nitrogen and oxygen atoms in total. The molecule has 0 aromatic heterocycles. The molecule has 0 unspecified atom stereocenters. The van der Waals surface area contributed by atoms with Gasteiger partial charge < -0.3 is 0 Å². The van der Waals surface area contributed by atoms with Gasteiger partial charge in [-0.25, -0.2) is 8.42 Å². The highest BCUT2D eigenvalue weighted by atomic mass is 35.5. The molecule has 1 aromatic carbocycles. The first-order valence-electron chi connectivity index (χ1n) is 4.43. The number of anilines is 1. The lowest BCUT2D eigenvalue weighted by molar-refractivity contribution is -0.110. The van der Waals surface area contributed by atoms with E-state index in [1.165, 1.54) is 12.1 Å². The number of nitrogens with zero attached hydrogens (tertiary/aromatic N) is 1. The molecule has 0 saturated heterocycles. The van der Waals surface area contributed by atoms with Gasteiger partial charge >= 0.3 is 0 Å². The zero-order valence-electron chi connectivity index (χ0n) is 8.95. The van der Waals surface area contributed by atoms with Crippen molar-refractivity contribution in [2.24, 2.45) is 0 Å². The Morgan fingerprint density at radius 3 is 2.11 bits per heavy atom. The third-order valence-electron chi connectivity index (χ3n) is 1.93. The Morgan fingerprint density at radius 2 is 1.67 bits per heavy atom. The molecule has 0 aliphatic rings. The predicted molar refractivity (Wildman–Crippen MR) is 74.5 cm³/mol. The summed E-state index contributed by atoms with van der Waals surface area (Å²) in [6, 6.07) is 2.55. The molecule has 0 amide bonds. The van der Waals surface area contributed by atoms with E-state index < -0.39 is 21.8 Å². The van der Waals surface area contributed by atoms with E-state index >= 15 is 0 Å². The largest absolute Gasteiger partial charge is 0.279 e. The molecular weight excluding hydrogens is 344 g/mol. The van der Waals surface area contributed by atoms with Crippen LogP contribution in [0.5, 0.6) is 0 Å². The summed E-state index contributed by atoms with van der Waals surface area (Å²) in [6.45, 7) is -0.544. The van der Waals surface area contributed by atoms with Gasteiger partial charge in [-0.1, -0.05) is 34.8 Å². The van der Waals surface area contributed by atoms with Crippen molar-refractivity contribution in [3.8, 4) is 0 Å². The molecule has 0 heterocycles. The van der Waals surface area contributed by atoms with Crippen LogP contribution < -0.4 is 4.31 Å². The summed E-state index contributed by atoms with van der Waals surface area (Å²) >= 11 is 22.6. The van der Waals surface area contributed by atoms with Crippen LogP contribution in [0.4, 0.5) is 5.69 Å². The minimum Gasteiger partial charge on any atom is -0.279 e. The average Bonchev–Trinajstić information content (AvgIpc) is 2.18. The Kier molecular flexibility index (Phi) is 5.14. The van der Waals surface area contributed by atoms with Gasteiger partial charge in [-0.15, -0.1) is 0 Å². The molecule has 9 heteroatoms. The van der Waals surface area contributed by atoms with Crippen molar-refractivity contribution in [3.63, 3.8) is 0 Å². The van der Waals surface area contributed by atoms with E-state index in [9.17, 15) is 13.2 Å². The Morgan fingerprint density at radius 1 is 1.17 bits per heavy atom. The maximum atomic E-state index is 11.6. The minimum atomic E-state index is -3.72. The zero-order chi connectivity index (χ0) is 14.1. The van der Waals surface area contributed by atoms with Crippen LogP contribution in [0.1, 0.15) is 0 Å². The van der Waals surface area contributed by atoms with Crippen molar-refractivity contribution in [2.45, 2.75) is 0 Å². The van der Waals surface area contributed by atoms with E-state index in [4.69, 9.17) is 46.4 Å². The van der Waals surface area contributed by atoms with Crippen LogP contribution in [0.15, 0.2) is 12.1 Å². The van der Waals surface area contributed by atoms with Crippen LogP contribution in [-0.2, 0) is 14.8 Å². The van der Waals surface area contributed by atoms with Gasteiger partial charge in [0.1, 0.15) is 6.54 Å². The molecule has 0 aliphatic carbocycles. The fourth-order valence-electron chi connectivity index (χ4n) is 1.20. The van der Waals surface area contributed by atoms with Gasteiger partial charge in [0.25, 0.3) is 0 Å². The van der Waals surface area contributed by atoms with Gasteiger partial charge in [-0.05, 0) is 23.7 Å². The fraction of sp³-hybridized carbons (Fsp3) is 0.222. The highest BCUT2D eigenvalue weighted by molar-refractivity contribution is 7.92. The Labute approximate surface area is 124 Å². The van der Waals surface area contributed by atoms with E-state index in [0.29, 0.717) is 0 Å². The molecule has 0 atom stereocenters. The molecule has 0 fully saturated rings. The number of halogens is 4. The molecule has 1 rings (SSSR count). The van der Waals surface area contributed by atoms with Gasteiger partial charge in [0.2, 0.25) is 15.3 Å². The second-order valence-corrected chi connectivity index (χ2v) is 6.89. The van der Waals surface area contributed by atoms with Crippen molar-refractivity contribution < 1.29 is 13.2 Å². The van der Waals surface area contributed by atoms with Crippen molar-refractivity contribution in [1.82, 2.24) is 0 Å². The average molecular weight is 351 g/mol. The zero-order valence-corrected chi connectivity index (χ0v) is 12.8. The predicted octanol–water partition coefficient (Wildman–Crippen LogP) is 3.18. The second kappa shape index (κ2) is 5.84. The van der Waals surface area contributed by atoms with Crippen molar-refractivity contribution >= 4 is 67.4 Å². The summed E-state index contributed by atoms with van der Waals surface area (Å²) < 4.78 is 23.9. The lowest BCUT2D eigenvalue weighted by Gasteiger charge is -2.22. The normalized spacial score (nSPS) is 11.4. The van der Waals surface area contributed by atoms with Crippen LogP contribution >= 0.6 is 46.4 Å². The first-order valence-corrected chi connectivity index (χ1v) is 7.79. The number of sulfonamides is 1. The van der Waals surface area contributed by atoms with Crippen molar-refractivity contribution in [2.75, 3.05) is 17.1 Å². The van der Waals surface area contributed by atoms with E-state index in [1.54, 1.807) is 0 Å². The van der Waals surface area contributed by atoms with Crippen LogP contribution in [0.2, 0.25) is 15.1 Å². The Balaban J connectivity index is 3.39. The van der Waals surface area contributed by atoms with E-state index in [-0.39, 0.29) is 20.8 Å². The monoisotopic (exact) mass is 349 g/mol. The van der Waals surface area contributed by atoms with Gasteiger partial charge in [0.15, 0.2) is 0 Å². The standard InChI is InChI=1S/C9H7Cl4NO3S/c1-18(16,17)14(4-9(13)15)8-3-6(11)5(10)2-7(8)12/h2-3H,4H2,1H3. The number of rotatable bonds is 4. The molecule has 18 heavy (non-hydrogen) atoms. The summed E-state index contributed by atoms with van der Waals surface area (Å²) in [7, 11) is -3.72. The fourth-order valence-corrected chi connectivity index (χ4v) is 2.94. The third-order valence-corrected chi connectivity index (χ3v) is 4.20. The first-order chi connectivity index (χ1) is 8.12. The molecule has 0 spiro atoms. The van der Waals surface area contributed by atoms with E-state index in [2.05, 4.69) is 0 Å². The van der Waals surface area contributed by atoms with Gasteiger partial charge in [-0.2, -0.15) is 0 Å². The lowest BCUT2D eigenvalue weighted by atomic mass is 10.3. The molecular formula is C9H7Cl4NO3S. The lowest BCUT2D eigenvalue weighted by Crippen LogP contribution is -2.33. The Hall–Kier alpha value is -0.200. The van der Waals surface area contributed by atoms with Crippen LogP contribution in [0.25, 0.3) is 0 Å². The first kappa shape index (κ1) is 15.9. The molecule has 1 aromatic rings. The summed E-state index contributed by atoms with van der Waals surface area (Å²) in [5.41, 5.74) is 0.0440. The molecule has 0 N–H and O–H groups in total. The molecule has 0 aliphatic heterocycles. The Bertz CT molecular complexity index is 588. The summed E-state index contributed by atoms with van der Waals surface area (Å²) in [6.07, 6.45) is 0.922. The molecule has 100 valence electrons. The number of hydrogen-bond acceptors (Lipinski definition) is 3. The maximum absolute atomic E-state index is 11.6. The summed E-state index contributed by atoms with van der Waals surface area (Å²) in [5.74, 6) is 0. The highest BCUT2D eigenvalue weighted by Crippen LogP contribution is 2.35. The molecule has 0 saturated carbocycles.